The van der Waals surface area contributed by atoms with Crippen LogP contribution in [0, 0.1) is 11.8 Å². The minimum atomic E-state index is -5.88. The number of Topliss-reactive ketones (excluding diaryl/α,β-unsaturated/α-hetero) is 2. The third-order valence-corrected chi connectivity index (χ3v) is 13.9. The van der Waals surface area contributed by atoms with Crippen molar-refractivity contribution in [1.29, 1.82) is 0 Å². The number of nitrogens with zero attached hydrogens (tertiary/aromatic N) is 2. The van der Waals surface area contributed by atoms with Gasteiger partial charge < -0.3 is 23.5 Å². The van der Waals surface area contributed by atoms with Gasteiger partial charge in [-0.05, 0) is 112 Å². The molecule has 0 radical (unpaired) electrons. The lowest BCUT2D eigenvalue weighted by molar-refractivity contribution is -0.127. The topological polar surface area (TPSA) is 102 Å². The quantitative estimate of drug-likeness (QED) is 0.214. The van der Waals surface area contributed by atoms with Crippen LogP contribution in [0.4, 0.5) is 17.6 Å². The second-order valence-corrected chi connectivity index (χ2v) is 16.7. The molecule has 2 saturated carbocycles. The average molecular weight is 754 g/mol. The molecule has 0 aromatic heterocycles. The van der Waals surface area contributed by atoms with Crippen LogP contribution < -0.4 is 13.7 Å². The molecule has 2 aliphatic heterocycles. The molecule has 2 saturated heterocycles. The Morgan fingerprint density at radius 1 is 0.846 bits per heavy atom. The third-order valence-electron chi connectivity index (χ3n) is 12.9. The van der Waals surface area contributed by atoms with Crippen molar-refractivity contribution in [2.45, 2.75) is 92.6 Å². The molecule has 4 aliphatic carbocycles. The van der Waals surface area contributed by atoms with Crippen LogP contribution in [0.3, 0.4) is 0 Å². The van der Waals surface area contributed by atoms with Gasteiger partial charge in [0, 0.05) is 54.2 Å². The number of ketones is 2. The number of rotatable bonds is 4. The Balaban J connectivity index is 0.000000176. The lowest BCUT2D eigenvalue weighted by atomic mass is 9.52. The summed E-state index contributed by atoms with van der Waals surface area (Å²) < 4.78 is 93.7. The number of hydrogen-bond acceptors (Lipinski definition) is 9. The summed E-state index contributed by atoms with van der Waals surface area (Å²) in [5, 5.41) is 0. The summed E-state index contributed by atoms with van der Waals surface area (Å²) in [4.78, 5) is 29.4. The van der Waals surface area contributed by atoms with Crippen molar-refractivity contribution in [3.8, 4) is 17.2 Å². The molecule has 0 N–H and O–H groups in total. The van der Waals surface area contributed by atoms with Gasteiger partial charge in [-0.1, -0.05) is 12.1 Å². The Bertz CT molecular complexity index is 1840. The Kier molecular flexibility index (Phi) is 10.1. The molecular weight excluding hydrogens is 704 g/mol. The lowest BCUT2D eigenvalue weighted by Gasteiger charge is -2.58. The molecule has 2 unspecified atom stereocenters. The maximum atomic E-state index is 13.1. The predicted octanol–water partition coefficient (Wildman–Crippen LogP) is 5.94. The van der Waals surface area contributed by atoms with Gasteiger partial charge in [0.2, 0.25) is 0 Å². The van der Waals surface area contributed by atoms with E-state index >= 15 is 0 Å². The maximum Gasteiger partial charge on any atom is 0.534 e. The first-order chi connectivity index (χ1) is 25.1. The fraction of sp³-hybridized carbons (Fsp3) is 0.632. The average Bonchev–Trinajstić information content (AvgIpc) is 3.11. The first-order valence-corrected chi connectivity index (χ1v) is 19.1. The van der Waals surface area contributed by atoms with E-state index in [1.165, 1.54) is 24.3 Å². The van der Waals surface area contributed by atoms with Crippen molar-refractivity contribution in [2.75, 3.05) is 48.6 Å². The van der Waals surface area contributed by atoms with Gasteiger partial charge in [-0.2, -0.15) is 21.6 Å². The second-order valence-electron chi connectivity index (χ2n) is 15.2. The molecule has 6 atom stereocenters. The number of ether oxygens (including phenoxy) is 2. The summed E-state index contributed by atoms with van der Waals surface area (Å²) in [5.74, 6) is 1.57. The Labute approximate surface area is 304 Å². The van der Waals surface area contributed by atoms with Gasteiger partial charge in [0.25, 0.3) is 0 Å². The number of carbonyl (C=O) groups excluding carboxylic acids is 2. The van der Waals surface area contributed by atoms with Crippen molar-refractivity contribution < 1.29 is 50.6 Å². The smallest absolute Gasteiger partial charge is 0.497 e. The van der Waals surface area contributed by atoms with E-state index in [2.05, 4.69) is 39.2 Å². The van der Waals surface area contributed by atoms with Crippen molar-refractivity contribution in [1.82, 2.24) is 9.80 Å². The first-order valence-electron chi connectivity index (χ1n) is 18.4. The lowest BCUT2D eigenvalue weighted by Crippen LogP contribution is -2.61. The fourth-order valence-corrected chi connectivity index (χ4v) is 11.1. The highest BCUT2D eigenvalue weighted by Crippen LogP contribution is 2.59. The maximum absolute atomic E-state index is 13.1. The number of likely N-dealkylation sites (N-methyl/N-ethyl adjacent to an activating group) is 2. The summed E-state index contributed by atoms with van der Waals surface area (Å²) in [6.45, 7) is 1.77. The van der Waals surface area contributed by atoms with Gasteiger partial charge in [0.15, 0.2) is 11.5 Å². The third kappa shape index (κ3) is 6.29. The Morgan fingerprint density at radius 3 is 1.96 bits per heavy atom. The van der Waals surface area contributed by atoms with E-state index in [9.17, 15) is 35.6 Å². The van der Waals surface area contributed by atoms with Crippen LogP contribution in [0.2, 0.25) is 0 Å². The molecule has 0 amide bonds. The van der Waals surface area contributed by atoms with E-state index in [1.807, 2.05) is 7.05 Å². The van der Waals surface area contributed by atoms with Crippen molar-refractivity contribution in [3.63, 3.8) is 0 Å². The molecule has 9 nitrogen and oxygen atoms in total. The SMILES string of the molecule is COc1ccc2c(c1)[C@]13CCN(C)C(C2)[C@@H]1CCC(=O)C3.COc1ccc2c(c1OS(=O)(=O)C(F)(F)F)[C@]13CCN(C)C(C2)[C@@H]1CCC(=O)C3.[2H]CF. The summed E-state index contributed by atoms with van der Waals surface area (Å²) in [6.07, 6.45) is 7.11. The molecule has 0 spiro atoms. The highest BCUT2D eigenvalue weighted by Gasteiger charge is 2.58. The van der Waals surface area contributed by atoms with Crippen molar-refractivity contribution >= 4 is 21.7 Å². The minimum absolute atomic E-state index is 0.0323. The molecule has 4 bridgehead atoms. The fourth-order valence-electron chi connectivity index (χ4n) is 10.6. The number of alkyl halides is 4. The van der Waals surface area contributed by atoms with E-state index in [4.69, 9.17) is 10.8 Å². The van der Waals surface area contributed by atoms with Gasteiger partial charge in [-0.15, -0.1) is 0 Å². The normalized spacial score (nSPS) is 31.1. The highest BCUT2D eigenvalue weighted by atomic mass is 32.2. The van der Waals surface area contributed by atoms with E-state index in [1.54, 1.807) is 13.2 Å². The van der Waals surface area contributed by atoms with Crippen LogP contribution in [0.1, 0.15) is 75.0 Å². The monoisotopic (exact) mass is 753 g/mol. The minimum Gasteiger partial charge on any atom is -0.497 e. The predicted molar refractivity (Wildman–Crippen MR) is 186 cm³/mol. The zero-order valence-electron chi connectivity index (χ0n) is 31.1. The molecule has 14 heteroatoms. The van der Waals surface area contributed by atoms with Gasteiger partial charge >= 0.3 is 15.6 Å². The molecule has 8 rings (SSSR count). The summed E-state index contributed by atoms with van der Waals surface area (Å²) >= 11 is 0. The molecule has 2 aromatic rings. The summed E-state index contributed by atoms with van der Waals surface area (Å²) in [7, 11) is 0.341. The molecular formula is C38H48F4N2O7S. The van der Waals surface area contributed by atoms with Crippen LogP contribution in [0.15, 0.2) is 30.3 Å². The number of hydrogen-bond donors (Lipinski definition) is 0. The van der Waals surface area contributed by atoms with Gasteiger partial charge in [-0.3, -0.25) is 14.0 Å². The van der Waals surface area contributed by atoms with Crippen molar-refractivity contribution in [2.24, 2.45) is 11.8 Å². The van der Waals surface area contributed by atoms with Crippen LogP contribution >= 0.6 is 0 Å². The van der Waals surface area contributed by atoms with Gasteiger partial charge in [0.05, 0.1) is 22.7 Å². The molecule has 6 aliphatic rings. The second kappa shape index (κ2) is 14.2. The molecule has 2 aromatic carbocycles. The Morgan fingerprint density at radius 2 is 1.38 bits per heavy atom. The van der Waals surface area contributed by atoms with Crippen molar-refractivity contribution in [3.05, 3.63) is 52.6 Å². The number of halogens is 4. The van der Waals surface area contributed by atoms with E-state index < -0.39 is 33.9 Å². The molecule has 2 heterocycles. The van der Waals surface area contributed by atoms with Crippen LogP contribution in [-0.4, -0.2) is 95.9 Å². The first kappa shape index (κ1) is 37.1. The highest BCUT2D eigenvalue weighted by molar-refractivity contribution is 7.88. The number of piperidine rings is 2. The Hall–Kier alpha value is -3.23. The summed E-state index contributed by atoms with van der Waals surface area (Å²) in [6, 6.07) is 10.4. The zero-order chi connectivity index (χ0) is 38.5. The van der Waals surface area contributed by atoms with E-state index in [0.29, 0.717) is 61.1 Å². The van der Waals surface area contributed by atoms with Crippen LogP contribution in [0.5, 0.6) is 17.2 Å². The number of benzene rings is 2. The molecule has 4 fully saturated rings. The molecule has 286 valence electrons. The molecule has 52 heavy (non-hydrogen) atoms. The van der Waals surface area contributed by atoms with Crippen LogP contribution in [0.25, 0.3) is 0 Å². The number of likely N-dealkylation sites (tertiary alicyclic amines) is 2. The van der Waals surface area contributed by atoms with Gasteiger partial charge in [-0.25, -0.2) is 0 Å². The summed E-state index contributed by atoms with van der Waals surface area (Å²) in [5.41, 5.74) is -2.29. The van der Waals surface area contributed by atoms with E-state index in [-0.39, 0.29) is 35.3 Å². The standard InChI is InChI=1S/C19H22F3NO5S.C18H23NO2.CH3F/c1-23-8-7-18-10-12(24)4-5-13(18)14(23)9-11-3-6-15(27-2)17(16(11)18)28-29(25,26)19(20,21)22;1-19-8-7-18-11-13(20)4-6-15(18)17(19)9-12-3-5-14(21-2)10-16(12)18;1-2/h3,6,13-14H,4-5,7-10H2,1-2H3;3,5,10,15,17H,4,6-9,11H2,1-2H3;1H3/t13-,14?,18-;15-,17?,18-;/m00./s1/i;;1D. The van der Waals surface area contributed by atoms with Gasteiger partial charge in [0.1, 0.15) is 17.3 Å². The zero-order valence-corrected chi connectivity index (χ0v) is 30.9. The van der Waals surface area contributed by atoms with Crippen LogP contribution in [-0.2, 0) is 43.4 Å². The largest absolute Gasteiger partial charge is 0.534 e. The number of fused-ring (bicyclic) bond motifs is 2. The number of carbonyl (C=O) groups is 2. The van der Waals surface area contributed by atoms with E-state index in [0.717, 1.165) is 44.4 Å². The number of methoxy groups -OCH3 is 2.